The topological polar surface area (TPSA) is 93.9 Å². The lowest BCUT2D eigenvalue weighted by Gasteiger charge is -2.14. The Hall–Kier alpha value is -2.93. The lowest BCUT2D eigenvalue weighted by atomic mass is 9.85. The van der Waals surface area contributed by atoms with E-state index in [2.05, 4.69) is 0 Å². The second kappa shape index (κ2) is 7.48. The van der Waals surface area contributed by atoms with Crippen molar-refractivity contribution in [3.63, 3.8) is 0 Å². The fourth-order valence-corrected chi connectivity index (χ4v) is 3.99. The van der Waals surface area contributed by atoms with Crippen molar-refractivity contribution in [2.45, 2.75) is 26.4 Å². The number of carbonyl (C=O) groups excluding carboxylic acids is 3. The Morgan fingerprint density at radius 3 is 2.45 bits per heavy atom. The van der Waals surface area contributed by atoms with E-state index in [0.29, 0.717) is 34.4 Å². The summed E-state index contributed by atoms with van der Waals surface area (Å²) in [5.74, 6) is -2.19. The molecule has 0 radical (unpaired) electrons. The van der Waals surface area contributed by atoms with Crippen molar-refractivity contribution in [3.8, 4) is 0 Å². The van der Waals surface area contributed by atoms with Gasteiger partial charge in [-0.15, -0.1) is 0 Å². The van der Waals surface area contributed by atoms with Crippen LogP contribution in [-0.4, -0.2) is 29.2 Å². The Bertz CT molecular complexity index is 1090. The summed E-state index contributed by atoms with van der Waals surface area (Å²) in [6.07, 6.45) is 4.78. The predicted molar refractivity (Wildman–Crippen MR) is 104 cm³/mol. The van der Waals surface area contributed by atoms with Gasteiger partial charge in [0.15, 0.2) is 0 Å². The number of nitrogens with zero attached hydrogens (tertiary/aromatic N) is 1. The third-order valence-electron chi connectivity index (χ3n) is 5.38. The summed E-state index contributed by atoms with van der Waals surface area (Å²) in [5, 5.41) is 1.04. The SMILES string of the molecule is Cc1cc2oc(=O)cc(COC(=O)CN3C(=O)[C@H]4CC=CC[C@@H]4C3=O)c2cc1Cl. The third kappa shape index (κ3) is 3.58. The van der Waals surface area contributed by atoms with E-state index >= 15 is 0 Å². The number of benzene rings is 1. The van der Waals surface area contributed by atoms with Crippen LogP contribution >= 0.6 is 11.6 Å². The molecule has 1 aliphatic heterocycles. The molecule has 2 aliphatic rings. The van der Waals surface area contributed by atoms with Gasteiger partial charge in [0.05, 0.1) is 11.8 Å². The van der Waals surface area contributed by atoms with Gasteiger partial charge in [-0.2, -0.15) is 0 Å². The molecule has 2 atom stereocenters. The first-order valence-corrected chi connectivity index (χ1v) is 9.61. The number of rotatable bonds is 4. The summed E-state index contributed by atoms with van der Waals surface area (Å²) in [4.78, 5) is 50.0. The maximum Gasteiger partial charge on any atom is 0.336 e. The highest BCUT2D eigenvalue weighted by Gasteiger charge is 2.47. The number of hydrogen-bond acceptors (Lipinski definition) is 6. The van der Waals surface area contributed by atoms with Gasteiger partial charge in [-0.3, -0.25) is 19.3 Å². The number of hydrogen-bond donors (Lipinski definition) is 0. The highest BCUT2D eigenvalue weighted by Crippen LogP contribution is 2.35. The maximum absolute atomic E-state index is 12.4. The standard InChI is InChI=1S/C21H18ClNO6/c1-11-6-17-15(8-16(11)22)12(7-18(24)29-17)10-28-19(25)9-23-20(26)13-4-2-3-5-14(13)21(23)27/h2-3,6-8,13-14H,4-5,9-10H2,1H3/t13-,14-/m0/s1. The van der Waals surface area contributed by atoms with Crippen LogP contribution in [0.5, 0.6) is 0 Å². The zero-order valence-corrected chi connectivity index (χ0v) is 16.4. The van der Waals surface area contributed by atoms with Crippen molar-refractivity contribution in [1.29, 1.82) is 0 Å². The summed E-state index contributed by atoms with van der Waals surface area (Å²) in [5.41, 5.74) is 0.945. The molecule has 4 rings (SSSR count). The van der Waals surface area contributed by atoms with Crippen LogP contribution in [-0.2, 0) is 25.7 Å². The molecule has 1 aromatic carbocycles. The number of esters is 1. The molecular weight excluding hydrogens is 398 g/mol. The lowest BCUT2D eigenvalue weighted by molar-refractivity contribution is -0.153. The molecule has 0 bridgehead atoms. The maximum atomic E-state index is 12.4. The summed E-state index contributed by atoms with van der Waals surface area (Å²) < 4.78 is 10.4. The first kappa shape index (κ1) is 19.4. The van der Waals surface area contributed by atoms with Crippen LogP contribution in [0.3, 0.4) is 0 Å². The number of fused-ring (bicyclic) bond motifs is 2. The van der Waals surface area contributed by atoms with Crippen LogP contribution in [0.25, 0.3) is 11.0 Å². The Kier molecular flexibility index (Phi) is 5.00. The van der Waals surface area contributed by atoms with Crippen molar-refractivity contribution >= 4 is 40.4 Å². The lowest BCUT2D eigenvalue weighted by Crippen LogP contribution is -2.36. The molecule has 2 aromatic rings. The number of amides is 2. The van der Waals surface area contributed by atoms with Gasteiger partial charge in [0, 0.05) is 22.0 Å². The van der Waals surface area contributed by atoms with Crippen molar-refractivity contribution in [2.75, 3.05) is 6.54 Å². The monoisotopic (exact) mass is 415 g/mol. The van der Waals surface area contributed by atoms with Crippen LogP contribution in [0, 0.1) is 18.8 Å². The third-order valence-corrected chi connectivity index (χ3v) is 5.79. The van der Waals surface area contributed by atoms with E-state index in [4.69, 9.17) is 20.8 Å². The van der Waals surface area contributed by atoms with Gasteiger partial charge in [-0.25, -0.2) is 4.79 Å². The van der Waals surface area contributed by atoms with E-state index in [1.807, 2.05) is 12.2 Å². The minimum atomic E-state index is -0.724. The van der Waals surface area contributed by atoms with Crippen LogP contribution in [0.4, 0.5) is 0 Å². The molecule has 0 N–H and O–H groups in total. The normalized spacial score (nSPS) is 21.0. The molecule has 0 spiro atoms. The second-order valence-electron chi connectivity index (χ2n) is 7.27. The molecule has 0 unspecified atom stereocenters. The first-order chi connectivity index (χ1) is 13.8. The smallest absolute Gasteiger partial charge is 0.336 e. The zero-order valence-electron chi connectivity index (χ0n) is 15.6. The van der Waals surface area contributed by atoms with Gasteiger partial charge >= 0.3 is 11.6 Å². The molecule has 2 heterocycles. The van der Waals surface area contributed by atoms with Crippen LogP contribution < -0.4 is 5.63 Å². The number of carbonyl (C=O) groups is 3. The van der Waals surface area contributed by atoms with Gasteiger partial charge in [0.2, 0.25) is 11.8 Å². The molecule has 1 fully saturated rings. The predicted octanol–water partition coefficient (Wildman–Crippen LogP) is 2.75. The Morgan fingerprint density at radius 2 is 1.79 bits per heavy atom. The highest BCUT2D eigenvalue weighted by atomic mass is 35.5. The molecule has 29 heavy (non-hydrogen) atoms. The Balaban J connectivity index is 1.48. The number of halogens is 1. The molecule has 1 saturated heterocycles. The zero-order chi connectivity index (χ0) is 20.7. The Morgan fingerprint density at radius 1 is 1.14 bits per heavy atom. The average Bonchev–Trinajstić information content (AvgIpc) is 2.93. The van der Waals surface area contributed by atoms with E-state index in [9.17, 15) is 19.2 Å². The van der Waals surface area contributed by atoms with Gasteiger partial charge in [-0.05, 0) is 37.5 Å². The molecule has 7 nitrogen and oxygen atoms in total. The van der Waals surface area contributed by atoms with E-state index in [1.54, 1.807) is 19.1 Å². The van der Waals surface area contributed by atoms with Gasteiger partial charge < -0.3 is 9.15 Å². The van der Waals surface area contributed by atoms with Crippen LogP contribution in [0.2, 0.25) is 5.02 Å². The molecule has 2 amide bonds. The minimum absolute atomic E-state index is 0.203. The van der Waals surface area contributed by atoms with Gasteiger partial charge in [0.25, 0.3) is 0 Å². The molecular formula is C21H18ClNO6. The number of likely N-dealkylation sites (tertiary alicyclic amines) is 1. The summed E-state index contributed by atoms with van der Waals surface area (Å²) in [6.45, 7) is 1.14. The molecule has 1 aliphatic carbocycles. The van der Waals surface area contributed by atoms with E-state index in [-0.39, 0.29) is 18.4 Å². The van der Waals surface area contributed by atoms with E-state index < -0.39 is 30.0 Å². The fraction of sp³-hybridized carbons (Fsp3) is 0.333. The van der Waals surface area contributed by atoms with Crippen LogP contribution in [0.1, 0.15) is 24.0 Å². The molecule has 150 valence electrons. The number of aryl methyl sites for hydroxylation is 1. The van der Waals surface area contributed by atoms with Crippen LogP contribution in [0.15, 0.2) is 39.6 Å². The summed E-state index contributed by atoms with van der Waals surface area (Å²) >= 11 is 6.15. The quantitative estimate of drug-likeness (QED) is 0.330. The Labute approximate surface area is 170 Å². The molecule has 8 heteroatoms. The van der Waals surface area contributed by atoms with Crippen molar-refractivity contribution < 1.29 is 23.5 Å². The van der Waals surface area contributed by atoms with Gasteiger partial charge in [0.1, 0.15) is 18.7 Å². The largest absolute Gasteiger partial charge is 0.459 e. The highest BCUT2D eigenvalue weighted by molar-refractivity contribution is 6.32. The number of ether oxygens (including phenoxy) is 1. The molecule has 1 aromatic heterocycles. The summed E-state index contributed by atoms with van der Waals surface area (Å²) in [6, 6.07) is 4.51. The first-order valence-electron chi connectivity index (χ1n) is 9.24. The molecule has 0 saturated carbocycles. The van der Waals surface area contributed by atoms with E-state index in [1.165, 1.54) is 6.07 Å². The minimum Gasteiger partial charge on any atom is -0.459 e. The van der Waals surface area contributed by atoms with Crippen molar-refractivity contribution in [1.82, 2.24) is 4.90 Å². The van der Waals surface area contributed by atoms with E-state index in [0.717, 1.165) is 10.5 Å². The van der Waals surface area contributed by atoms with Crippen molar-refractivity contribution in [3.05, 3.63) is 56.9 Å². The van der Waals surface area contributed by atoms with Gasteiger partial charge in [-0.1, -0.05) is 23.8 Å². The second-order valence-corrected chi connectivity index (χ2v) is 7.67. The van der Waals surface area contributed by atoms with Crippen molar-refractivity contribution in [2.24, 2.45) is 11.8 Å². The average molecular weight is 416 g/mol. The fourth-order valence-electron chi connectivity index (χ4n) is 3.83. The summed E-state index contributed by atoms with van der Waals surface area (Å²) in [7, 11) is 0. The number of allylic oxidation sites excluding steroid dienone is 2. The number of imide groups is 1.